The van der Waals surface area contributed by atoms with Crippen LogP contribution in [0.3, 0.4) is 0 Å². The van der Waals surface area contributed by atoms with E-state index < -0.39 is 11.7 Å². The van der Waals surface area contributed by atoms with E-state index in [4.69, 9.17) is 9.47 Å². The topological polar surface area (TPSA) is 38.7 Å². The normalized spacial score (nSPS) is 25.9. The van der Waals surface area contributed by atoms with E-state index in [1.54, 1.807) is 6.92 Å². The van der Waals surface area contributed by atoms with Crippen molar-refractivity contribution < 1.29 is 14.6 Å². The Morgan fingerprint density at radius 1 is 1.33 bits per heavy atom. The number of hydrogen-bond donors (Lipinski definition) is 1. The molecule has 0 spiro atoms. The minimum atomic E-state index is -0.507. The van der Waals surface area contributed by atoms with Crippen LogP contribution >= 0.6 is 0 Å². The molecule has 0 amide bonds. The number of ether oxygens (including phenoxy) is 2. The van der Waals surface area contributed by atoms with Crippen LogP contribution in [0.4, 0.5) is 0 Å². The largest absolute Gasteiger partial charge is 0.390 e. The van der Waals surface area contributed by atoms with Crippen molar-refractivity contribution in [3.8, 4) is 0 Å². The maximum absolute atomic E-state index is 9.92. The second-order valence-corrected chi connectivity index (χ2v) is 5.02. The molecule has 0 radical (unpaired) electrons. The monoisotopic (exact) mass is 250 g/mol. The van der Waals surface area contributed by atoms with Crippen molar-refractivity contribution in [2.24, 2.45) is 0 Å². The fourth-order valence-electron chi connectivity index (χ4n) is 2.35. The molecule has 18 heavy (non-hydrogen) atoms. The summed E-state index contributed by atoms with van der Waals surface area (Å²) in [5.41, 5.74) is 0.640. The molecule has 3 heteroatoms. The molecule has 1 aliphatic rings. The van der Waals surface area contributed by atoms with Crippen LogP contribution < -0.4 is 0 Å². The fourth-order valence-corrected chi connectivity index (χ4v) is 2.35. The van der Waals surface area contributed by atoms with Crippen LogP contribution in [0.1, 0.15) is 31.7 Å². The third-order valence-corrected chi connectivity index (χ3v) is 3.60. The lowest BCUT2D eigenvalue weighted by atomic mass is 9.90. The number of hydrogen-bond acceptors (Lipinski definition) is 3. The highest BCUT2D eigenvalue weighted by Crippen LogP contribution is 2.29. The Morgan fingerprint density at radius 3 is 2.72 bits per heavy atom. The minimum Gasteiger partial charge on any atom is -0.390 e. The van der Waals surface area contributed by atoms with Gasteiger partial charge in [-0.1, -0.05) is 30.3 Å². The van der Waals surface area contributed by atoms with Crippen molar-refractivity contribution in [1.29, 1.82) is 0 Å². The van der Waals surface area contributed by atoms with Gasteiger partial charge in [-0.25, -0.2) is 0 Å². The van der Waals surface area contributed by atoms with E-state index in [1.807, 2.05) is 30.3 Å². The highest BCUT2D eigenvalue weighted by molar-refractivity contribution is 5.13. The number of aliphatic hydroxyl groups excluding tert-OH is 1. The Morgan fingerprint density at radius 2 is 2.11 bits per heavy atom. The van der Waals surface area contributed by atoms with E-state index in [0.717, 1.165) is 31.4 Å². The lowest BCUT2D eigenvalue weighted by Crippen LogP contribution is -2.49. The predicted octanol–water partition coefficient (Wildman–Crippen LogP) is 2.52. The first-order chi connectivity index (χ1) is 8.73. The van der Waals surface area contributed by atoms with E-state index in [9.17, 15) is 5.11 Å². The quantitative estimate of drug-likeness (QED) is 0.872. The fraction of sp³-hybridized carbons (Fsp3) is 0.600. The summed E-state index contributed by atoms with van der Waals surface area (Å²) in [6.07, 6.45) is 2.56. The van der Waals surface area contributed by atoms with Crippen LogP contribution in [-0.2, 0) is 16.1 Å². The molecule has 2 rings (SSSR count). The molecule has 0 saturated carbocycles. The van der Waals surface area contributed by atoms with Crippen molar-refractivity contribution in [2.75, 3.05) is 13.2 Å². The molecule has 1 aliphatic heterocycles. The zero-order valence-corrected chi connectivity index (χ0v) is 11.0. The van der Waals surface area contributed by atoms with E-state index in [-0.39, 0.29) is 0 Å². The molecule has 1 fully saturated rings. The minimum absolute atomic E-state index is 0.458. The summed E-state index contributed by atoms with van der Waals surface area (Å²) < 4.78 is 11.5. The molecule has 1 heterocycles. The third-order valence-electron chi connectivity index (χ3n) is 3.60. The van der Waals surface area contributed by atoms with E-state index in [1.165, 1.54) is 0 Å². The van der Waals surface area contributed by atoms with Crippen LogP contribution in [0.2, 0.25) is 0 Å². The smallest absolute Gasteiger partial charge is 0.117 e. The average molecular weight is 250 g/mol. The van der Waals surface area contributed by atoms with E-state index in [0.29, 0.717) is 13.2 Å². The lowest BCUT2D eigenvalue weighted by molar-refractivity contribution is -0.175. The number of aliphatic hydroxyl groups is 1. The van der Waals surface area contributed by atoms with Crippen molar-refractivity contribution in [3.63, 3.8) is 0 Å². The summed E-state index contributed by atoms with van der Waals surface area (Å²) in [4.78, 5) is 0. The Bertz CT molecular complexity index is 342. The molecule has 1 N–H and O–H groups in total. The van der Waals surface area contributed by atoms with E-state index in [2.05, 4.69) is 0 Å². The average Bonchev–Trinajstić information content (AvgIpc) is 2.41. The van der Waals surface area contributed by atoms with Crippen LogP contribution in [-0.4, -0.2) is 30.0 Å². The maximum atomic E-state index is 9.92. The molecule has 3 nitrogen and oxygen atoms in total. The molecule has 2 atom stereocenters. The van der Waals surface area contributed by atoms with Crippen molar-refractivity contribution in [1.82, 2.24) is 0 Å². The van der Waals surface area contributed by atoms with Crippen molar-refractivity contribution >= 4 is 0 Å². The second kappa shape index (κ2) is 6.32. The highest BCUT2D eigenvalue weighted by atomic mass is 16.6. The Balaban J connectivity index is 1.86. The molecule has 0 bridgehead atoms. The SMILES string of the molecule is C[C@H](O)[C@@]1(COCc2ccccc2)CCCCO1. The van der Waals surface area contributed by atoms with Crippen LogP contribution in [0, 0.1) is 0 Å². The Hall–Kier alpha value is -0.900. The Labute approximate surface area is 109 Å². The standard InChI is InChI=1S/C15H22O3/c1-13(16)15(9-5-6-10-18-15)12-17-11-14-7-3-2-4-8-14/h2-4,7-8,13,16H,5-6,9-12H2,1H3/t13-,15-/m0/s1. The second-order valence-electron chi connectivity index (χ2n) is 5.02. The first-order valence-corrected chi connectivity index (χ1v) is 6.67. The molecule has 0 unspecified atom stereocenters. The van der Waals surface area contributed by atoms with Gasteiger partial charge in [-0.3, -0.25) is 0 Å². The van der Waals surface area contributed by atoms with Crippen LogP contribution in [0.15, 0.2) is 30.3 Å². The molecule has 100 valence electrons. The zero-order chi connectivity index (χ0) is 12.8. The third kappa shape index (κ3) is 3.31. The zero-order valence-electron chi connectivity index (χ0n) is 11.0. The van der Waals surface area contributed by atoms with Gasteiger partial charge >= 0.3 is 0 Å². The molecule has 1 aromatic rings. The molecule has 0 aromatic heterocycles. The lowest BCUT2D eigenvalue weighted by Gasteiger charge is -2.39. The van der Waals surface area contributed by atoms with Gasteiger partial charge in [0.05, 0.1) is 19.3 Å². The van der Waals surface area contributed by atoms with Gasteiger partial charge in [0, 0.05) is 6.61 Å². The molecule has 0 aliphatic carbocycles. The number of rotatable bonds is 5. The summed E-state index contributed by atoms with van der Waals surface area (Å²) in [6.45, 7) is 3.54. The van der Waals surface area contributed by atoms with Gasteiger partial charge in [0.1, 0.15) is 5.60 Å². The molecular formula is C15H22O3. The van der Waals surface area contributed by atoms with Crippen molar-refractivity contribution in [2.45, 2.75) is 44.5 Å². The highest BCUT2D eigenvalue weighted by Gasteiger charge is 2.38. The molecular weight excluding hydrogens is 228 g/mol. The summed E-state index contributed by atoms with van der Waals surface area (Å²) >= 11 is 0. The van der Waals surface area contributed by atoms with Gasteiger partial charge in [-0.15, -0.1) is 0 Å². The number of benzene rings is 1. The van der Waals surface area contributed by atoms with Gasteiger partial charge in [0.2, 0.25) is 0 Å². The summed E-state index contributed by atoms with van der Waals surface area (Å²) in [6, 6.07) is 10.1. The summed E-state index contributed by atoms with van der Waals surface area (Å²) in [5.74, 6) is 0. The first-order valence-electron chi connectivity index (χ1n) is 6.67. The molecule has 1 saturated heterocycles. The predicted molar refractivity (Wildman–Crippen MR) is 70.3 cm³/mol. The first kappa shape index (κ1) is 13.5. The van der Waals surface area contributed by atoms with E-state index >= 15 is 0 Å². The van der Waals surface area contributed by atoms with Crippen LogP contribution in [0.25, 0.3) is 0 Å². The van der Waals surface area contributed by atoms with Gasteiger partial charge in [0.15, 0.2) is 0 Å². The van der Waals surface area contributed by atoms with Crippen molar-refractivity contribution in [3.05, 3.63) is 35.9 Å². The maximum Gasteiger partial charge on any atom is 0.117 e. The van der Waals surface area contributed by atoms with Gasteiger partial charge in [-0.2, -0.15) is 0 Å². The van der Waals surface area contributed by atoms with Gasteiger partial charge in [0.25, 0.3) is 0 Å². The Kier molecular flexibility index (Phi) is 4.75. The van der Waals surface area contributed by atoms with Crippen LogP contribution in [0.5, 0.6) is 0 Å². The summed E-state index contributed by atoms with van der Waals surface area (Å²) in [5, 5.41) is 9.92. The summed E-state index contributed by atoms with van der Waals surface area (Å²) in [7, 11) is 0. The molecule has 1 aromatic carbocycles. The van der Waals surface area contributed by atoms with Gasteiger partial charge < -0.3 is 14.6 Å². The van der Waals surface area contributed by atoms with Gasteiger partial charge in [-0.05, 0) is 31.7 Å².